The predicted octanol–water partition coefficient (Wildman–Crippen LogP) is 3.93. The summed E-state index contributed by atoms with van der Waals surface area (Å²) in [5, 5.41) is 1.57. The van der Waals surface area contributed by atoms with Crippen LogP contribution < -0.4 is 4.74 Å². The third kappa shape index (κ3) is 3.84. The zero-order chi connectivity index (χ0) is 19.7. The van der Waals surface area contributed by atoms with Crippen LogP contribution in [0.5, 0.6) is 5.75 Å². The average Bonchev–Trinajstić information content (AvgIpc) is 3.11. The summed E-state index contributed by atoms with van der Waals surface area (Å²) in [6.07, 6.45) is 0. The lowest BCUT2D eigenvalue weighted by Gasteiger charge is -2.34. The number of H-pyrrole nitrogens is 1. The van der Waals surface area contributed by atoms with Crippen molar-refractivity contribution in [2.75, 3.05) is 33.3 Å². The van der Waals surface area contributed by atoms with Crippen LogP contribution in [0.25, 0.3) is 10.9 Å². The number of halogens is 2. The van der Waals surface area contributed by atoms with Crippen LogP contribution in [0, 0.1) is 5.82 Å². The van der Waals surface area contributed by atoms with Gasteiger partial charge in [0, 0.05) is 48.6 Å². The number of nitrogens with one attached hydrogen (secondary N) is 1. The summed E-state index contributed by atoms with van der Waals surface area (Å²) >= 11 is 6.02. The third-order valence-electron chi connectivity index (χ3n) is 5.10. The van der Waals surface area contributed by atoms with Crippen LogP contribution in [0.1, 0.15) is 16.1 Å². The second-order valence-corrected chi connectivity index (χ2v) is 7.39. The smallest absolute Gasteiger partial charge is 0.270 e. The van der Waals surface area contributed by atoms with E-state index in [-0.39, 0.29) is 17.5 Å². The van der Waals surface area contributed by atoms with Crippen molar-refractivity contribution in [3.05, 3.63) is 64.6 Å². The van der Waals surface area contributed by atoms with Crippen LogP contribution in [0.4, 0.5) is 4.39 Å². The molecule has 1 N–H and O–H groups in total. The van der Waals surface area contributed by atoms with Gasteiger partial charge in [0.2, 0.25) is 0 Å². The molecule has 28 heavy (non-hydrogen) atoms. The van der Waals surface area contributed by atoms with Gasteiger partial charge in [0.25, 0.3) is 5.91 Å². The molecule has 2 heterocycles. The summed E-state index contributed by atoms with van der Waals surface area (Å²) in [5.41, 5.74) is 2.36. The maximum atomic E-state index is 13.9. The second-order valence-electron chi connectivity index (χ2n) is 6.95. The van der Waals surface area contributed by atoms with Gasteiger partial charge < -0.3 is 14.6 Å². The molecule has 0 aliphatic carbocycles. The summed E-state index contributed by atoms with van der Waals surface area (Å²) in [5.74, 6) is -0.117. The molecule has 146 valence electrons. The molecule has 0 bridgehead atoms. The number of ether oxygens (including phenoxy) is 1. The molecule has 0 radical (unpaired) electrons. The van der Waals surface area contributed by atoms with E-state index >= 15 is 0 Å². The van der Waals surface area contributed by atoms with Gasteiger partial charge in [0.15, 0.2) is 11.6 Å². The first-order valence-electron chi connectivity index (χ1n) is 9.16. The number of methoxy groups -OCH3 is 1. The molecular weight excluding hydrogens is 381 g/mol. The maximum Gasteiger partial charge on any atom is 0.270 e. The standard InChI is InChI=1S/C21H21ClFN3O2/c1-28-20-5-2-14(10-17(20)23)13-25-6-8-26(9-7-25)21(27)19-12-15-11-16(22)3-4-18(15)24-19/h2-5,10-12,24H,6-9,13H2,1H3. The Kier molecular flexibility index (Phi) is 5.24. The number of hydrogen-bond acceptors (Lipinski definition) is 3. The van der Waals surface area contributed by atoms with E-state index in [9.17, 15) is 9.18 Å². The van der Waals surface area contributed by atoms with Crippen LogP contribution in [-0.2, 0) is 6.54 Å². The zero-order valence-corrected chi connectivity index (χ0v) is 16.3. The number of carbonyl (C=O) groups excluding carboxylic acids is 1. The first kappa shape index (κ1) is 18.8. The fraction of sp³-hybridized carbons (Fsp3) is 0.286. The molecule has 7 heteroatoms. The lowest BCUT2D eigenvalue weighted by atomic mass is 10.1. The van der Waals surface area contributed by atoms with Gasteiger partial charge in [-0.3, -0.25) is 9.69 Å². The molecule has 4 rings (SSSR count). The molecule has 0 spiro atoms. The summed E-state index contributed by atoms with van der Waals surface area (Å²) in [6.45, 7) is 3.39. The first-order chi connectivity index (χ1) is 13.5. The van der Waals surface area contributed by atoms with E-state index in [0.717, 1.165) is 29.6 Å². The summed E-state index contributed by atoms with van der Waals surface area (Å²) in [7, 11) is 1.45. The van der Waals surface area contributed by atoms with E-state index in [0.29, 0.717) is 30.4 Å². The number of aromatic amines is 1. The van der Waals surface area contributed by atoms with Crippen molar-refractivity contribution in [2.24, 2.45) is 0 Å². The lowest BCUT2D eigenvalue weighted by Crippen LogP contribution is -2.48. The fourth-order valence-corrected chi connectivity index (χ4v) is 3.75. The number of fused-ring (bicyclic) bond motifs is 1. The molecule has 1 amide bonds. The van der Waals surface area contributed by atoms with Crippen LogP contribution in [0.2, 0.25) is 5.02 Å². The Balaban J connectivity index is 1.37. The monoisotopic (exact) mass is 401 g/mol. The fourth-order valence-electron chi connectivity index (χ4n) is 3.56. The molecule has 1 aliphatic heterocycles. The van der Waals surface area contributed by atoms with Gasteiger partial charge in [0.1, 0.15) is 5.69 Å². The van der Waals surface area contributed by atoms with Crippen molar-refractivity contribution >= 4 is 28.4 Å². The number of hydrogen-bond donors (Lipinski definition) is 1. The minimum atomic E-state index is -0.354. The molecule has 0 unspecified atom stereocenters. The van der Waals surface area contributed by atoms with E-state index in [4.69, 9.17) is 16.3 Å². The Bertz CT molecular complexity index is 1010. The SMILES string of the molecule is COc1ccc(CN2CCN(C(=O)c3cc4cc(Cl)ccc4[nH]3)CC2)cc1F. The van der Waals surface area contributed by atoms with Crippen molar-refractivity contribution in [1.82, 2.24) is 14.8 Å². The Morgan fingerprint density at radius 2 is 1.93 bits per heavy atom. The molecule has 0 saturated carbocycles. The predicted molar refractivity (Wildman–Crippen MR) is 107 cm³/mol. The average molecular weight is 402 g/mol. The minimum Gasteiger partial charge on any atom is -0.494 e. The Morgan fingerprint density at radius 1 is 1.14 bits per heavy atom. The zero-order valence-electron chi connectivity index (χ0n) is 15.5. The molecule has 1 aromatic heterocycles. The number of nitrogens with zero attached hydrogens (tertiary/aromatic N) is 2. The van der Waals surface area contributed by atoms with Crippen molar-refractivity contribution in [3.8, 4) is 5.75 Å². The lowest BCUT2D eigenvalue weighted by molar-refractivity contribution is 0.0623. The topological polar surface area (TPSA) is 48.6 Å². The number of benzene rings is 2. The maximum absolute atomic E-state index is 13.9. The highest BCUT2D eigenvalue weighted by molar-refractivity contribution is 6.31. The highest BCUT2D eigenvalue weighted by atomic mass is 35.5. The molecule has 1 fully saturated rings. The number of piperazine rings is 1. The quantitative estimate of drug-likeness (QED) is 0.720. The van der Waals surface area contributed by atoms with Gasteiger partial charge in [-0.25, -0.2) is 4.39 Å². The van der Waals surface area contributed by atoms with E-state index in [1.807, 2.05) is 29.2 Å². The second kappa shape index (κ2) is 7.81. The highest BCUT2D eigenvalue weighted by Gasteiger charge is 2.23. The molecular formula is C21H21ClFN3O2. The first-order valence-corrected chi connectivity index (χ1v) is 9.53. The van der Waals surface area contributed by atoms with Gasteiger partial charge in [-0.2, -0.15) is 0 Å². The largest absolute Gasteiger partial charge is 0.494 e. The normalized spacial score (nSPS) is 15.2. The van der Waals surface area contributed by atoms with Gasteiger partial charge >= 0.3 is 0 Å². The van der Waals surface area contributed by atoms with Gasteiger partial charge in [-0.05, 0) is 42.0 Å². The van der Waals surface area contributed by atoms with Crippen molar-refractivity contribution < 1.29 is 13.9 Å². The minimum absolute atomic E-state index is 0.0116. The number of carbonyl (C=O) groups is 1. The molecule has 1 saturated heterocycles. The Hall–Kier alpha value is -2.57. The van der Waals surface area contributed by atoms with Gasteiger partial charge in [-0.15, -0.1) is 0 Å². The van der Waals surface area contributed by atoms with E-state index in [1.165, 1.54) is 13.2 Å². The van der Waals surface area contributed by atoms with E-state index in [2.05, 4.69) is 9.88 Å². The van der Waals surface area contributed by atoms with Crippen LogP contribution in [-0.4, -0.2) is 54.0 Å². The molecule has 2 aromatic carbocycles. The molecule has 5 nitrogen and oxygen atoms in total. The van der Waals surface area contributed by atoms with Crippen molar-refractivity contribution in [3.63, 3.8) is 0 Å². The molecule has 0 atom stereocenters. The van der Waals surface area contributed by atoms with Crippen LogP contribution >= 0.6 is 11.6 Å². The molecule has 1 aliphatic rings. The van der Waals surface area contributed by atoms with E-state index in [1.54, 1.807) is 12.1 Å². The van der Waals surface area contributed by atoms with E-state index < -0.39 is 0 Å². The summed E-state index contributed by atoms with van der Waals surface area (Å²) in [6, 6.07) is 12.4. The third-order valence-corrected chi connectivity index (χ3v) is 5.33. The summed E-state index contributed by atoms with van der Waals surface area (Å²) in [4.78, 5) is 20.0. The van der Waals surface area contributed by atoms with Gasteiger partial charge in [0.05, 0.1) is 7.11 Å². The van der Waals surface area contributed by atoms with Crippen molar-refractivity contribution in [1.29, 1.82) is 0 Å². The number of amides is 1. The number of rotatable bonds is 4. The van der Waals surface area contributed by atoms with Crippen LogP contribution in [0.3, 0.4) is 0 Å². The van der Waals surface area contributed by atoms with Crippen molar-refractivity contribution in [2.45, 2.75) is 6.54 Å². The van der Waals surface area contributed by atoms with Gasteiger partial charge in [-0.1, -0.05) is 17.7 Å². The highest BCUT2D eigenvalue weighted by Crippen LogP contribution is 2.22. The Morgan fingerprint density at radius 3 is 2.64 bits per heavy atom. The molecule has 3 aromatic rings. The number of aromatic nitrogens is 1. The Labute approximate surface area is 167 Å². The van der Waals surface area contributed by atoms with Crippen LogP contribution in [0.15, 0.2) is 42.5 Å². The summed E-state index contributed by atoms with van der Waals surface area (Å²) < 4.78 is 18.8.